The Morgan fingerprint density at radius 2 is 2.05 bits per heavy atom. The monoisotopic (exact) mass is 342 g/mol. The minimum Gasteiger partial charge on any atom is -0.338 e. The van der Waals surface area contributed by atoms with E-state index in [4.69, 9.17) is 0 Å². The number of nitrogens with one attached hydrogen (secondary N) is 2. The Kier molecular flexibility index (Phi) is 7.96. The lowest BCUT2D eigenvalue weighted by molar-refractivity contribution is 0.252. The first-order chi connectivity index (χ1) is 10.3. The van der Waals surface area contributed by atoms with Crippen LogP contribution in [0, 0.1) is 0 Å². The molecule has 6 heteroatoms. The largest absolute Gasteiger partial charge is 0.338 e. The summed E-state index contributed by atoms with van der Waals surface area (Å²) in [4.78, 5) is 11.8. The molecule has 0 saturated heterocycles. The highest BCUT2D eigenvalue weighted by Gasteiger charge is 2.19. The van der Waals surface area contributed by atoms with Gasteiger partial charge < -0.3 is 10.6 Å². The molecule has 1 atom stereocenters. The Balaban J connectivity index is 2.53. The third-order valence-electron chi connectivity index (χ3n) is 2.98. The maximum absolute atomic E-state index is 12.2. The van der Waals surface area contributed by atoms with Crippen molar-refractivity contribution in [2.75, 3.05) is 23.9 Å². The first kappa shape index (κ1) is 19.0. The Morgan fingerprint density at radius 1 is 1.32 bits per heavy atom. The summed E-state index contributed by atoms with van der Waals surface area (Å²) in [5.41, 5.74) is 1.69. The van der Waals surface area contributed by atoms with E-state index in [1.54, 1.807) is 11.8 Å². The molecule has 0 saturated carbocycles. The normalized spacial score (nSPS) is 12.7. The van der Waals surface area contributed by atoms with Crippen LogP contribution < -0.4 is 10.6 Å². The Morgan fingerprint density at radius 3 is 2.68 bits per heavy atom. The number of hydrogen-bond acceptors (Lipinski definition) is 3. The maximum Gasteiger partial charge on any atom is 0.319 e. The van der Waals surface area contributed by atoms with Crippen molar-refractivity contribution in [2.24, 2.45) is 0 Å². The zero-order chi connectivity index (χ0) is 16.6. The summed E-state index contributed by atoms with van der Waals surface area (Å²) in [5.74, 6) is 1.53. The molecular formula is C16H26N2O2S2. The van der Waals surface area contributed by atoms with Gasteiger partial charge in [-0.1, -0.05) is 12.1 Å². The summed E-state index contributed by atoms with van der Waals surface area (Å²) in [6.45, 7) is 6.56. The van der Waals surface area contributed by atoms with E-state index in [2.05, 4.69) is 10.6 Å². The van der Waals surface area contributed by atoms with Crippen LogP contribution in [0.3, 0.4) is 0 Å². The van der Waals surface area contributed by atoms with Gasteiger partial charge in [0.05, 0.1) is 0 Å². The van der Waals surface area contributed by atoms with Crippen LogP contribution >= 0.6 is 11.8 Å². The van der Waals surface area contributed by atoms with Gasteiger partial charge in [-0.05, 0) is 56.9 Å². The molecule has 0 radical (unpaired) electrons. The molecule has 2 N–H and O–H groups in total. The standard InChI is InChI=1S/C16H26N2O2S2/c1-16(2,3)22(20)12-13-7-5-8-14(11-13)18-15(19)17-9-6-10-21-4/h5,7-8,11H,6,9-10,12H2,1-4H3,(H2,17,18,19)/t22-/m1/s1. The number of hydrogen-bond donors (Lipinski definition) is 2. The summed E-state index contributed by atoms with van der Waals surface area (Å²) in [5, 5.41) is 5.64. The summed E-state index contributed by atoms with van der Waals surface area (Å²) in [6.07, 6.45) is 3.01. The fourth-order valence-corrected chi connectivity index (χ4v) is 3.05. The van der Waals surface area contributed by atoms with Gasteiger partial charge >= 0.3 is 6.03 Å². The van der Waals surface area contributed by atoms with Gasteiger partial charge in [-0.2, -0.15) is 11.8 Å². The van der Waals surface area contributed by atoms with Gasteiger partial charge in [-0.15, -0.1) is 0 Å². The second-order valence-corrected chi connectivity index (χ2v) is 9.22. The molecule has 4 nitrogen and oxygen atoms in total. The number of carbonyl (C=O) groups excluding carboxylic acids is 1. The van der Waals surface area contributed by atoms with E-state index < -0.39 is 10.8 Å². The first-order valence-electron chi connectivity index (χ1n) is 7.34. The molecule has 1 aromatic carbocycles. The number of thioether (sulfide) groups is 1. The minimum absolute atomic E-state index is 0.199. The molecule has 2 amide bonds. The molecule has 0 heterocycles. The quantitative estimate of drug-likeness (QED) is 0.744. The highest BCUT2D eigenvalue weighted by molar-refractivity contribution is 7.98. The Labute approximate surface area is 140 Å². The van der Waals surface area contributed by atoms with Crippen LogP contribution in [0.4, 0.5) is 10.5 Å². The third kappa shape index (κ3) is 7.31. The maximum atomic E-state index is 12.2. The van der Waals surface area contributed by atoms with Gasteiger partial charge in [0.25, 0.3) is 0 Å². The van der Waals surface area contributed by atoms with E-state index >= 15 is 0 Å². The van der Waals surface area contributed by atoms with Gasteiger partial charge in [0.15, 0.2) is 0 Å². The van der Waals surface area contributed by atoms with Gasteiger partial charge in [-0.3, -0.25) is 4.21 Å². The zero-order valence-electron chi connectivity index (χ0n) is 13.8. The molecule has 0 fully saturated rings. The van der Waals surface area contributed by atoms with Gasteiger partial charge in [0, 0.05) is 33.5 Å². The zero-order valence-corrected chi connectivity index (χ0v) is 15.4. The Hall–Kier alpha value is -1.01. The molecule has 0 unspecified atom stereocenters. The number of rotatable bonds is 7. The lowest BCUT2D eigenvalue weighted by atomic mass is 10.2. The predicted octanol–water partition coefficient (Wildman–Crippen LogP) is 3.61. The molecule has 124 valence electrons. The van der Waals surface area contributed by atoms with Crippen LogP contribution in [-0.2, 0) is 16.6 Å². The number of carbonyl (C=O) groups is 1. The van der Waals surface area contributed by atoms with Crippen LogP contribution in [0.2, 0.25) is 0 Å². The van der Waals surface area contributed by atoms with Crippen LogP contribution in [0.1, 0.15) is 32.8 Å². The van der Waals surface area contributed by atoms with E-state index in [1.165, 1.54) is 0 Å². The van der Waals surface area contributed by atoms with Crippen LogP contribution in [0.5, 0.6) is 0 Å². The van der Waals surface area contributed by atoms with Crippen molar-refractivity contribution in [3.05, 3.63) is 29.8 Å². The van der Waals surface area contributed by atoms with Crippen molar-refractivity contribution in [3.63, 3.8) is 0 Å². The van der Waals surface area contributed by atoms with E-state index in [-0.39, 0.29) is 10.8 Å². The summed E-state index contributed by atoms with van der Waals surface area (Å²) < 4.78 is 11.9. The number of anilines is 1. The van der Waals surface area contributed by atoms with E-state index in [0.717, 1.165) is 23.4 Å². The minimum atomic E-state index is -0.947. The SMILES string of the molecule is CSCCCNC(=O)Nc1cccc(C[S@@](=O)C(C)(C)C)c1. The highest BCUT2D eigenvalue weighted by Crippen LogP contribution is 2.18. The molecule has 0 spiro atoms. The van der Waals surface area contributed by atoms with E-state index in [9.17, 15) is 9.00 Å². The molecular weight excluding hydrogens is 316 g/mol. The van der Waals surface area contributed by atoms with Gasteiger partial charge in [-0.25, -0.2) is 4.79 Å². The lowest BCUT2D eigenvalue weighted by Gasteiger charge is -2.18. The Bertz CT molecular complexity index is 513. The van der Waals surface area contributed by atoms with Gasteiger partial charge in [0.2, 0.25) is 0 Å². The molecule has 1 aromatic rings. The molecule has 0 aromatic heterocycles. The van der Waals surface area contributed by atoms with E-state index in [0.29, 0.717) is 12.3 Å². The predicted molar refractivity (Wildman–Crippen MR) is 98.1 cm³/mol. The third-order valence-corrected chi connectivity index (χ3v) is 5.63. The van der Waals surface area contributed by atoms with Crippen molar-refractivity contribution >= 4 is 34.3 Å². The molecule has 1 rings (SSSR count). The summed E-state index contributed by atoms with van der Waals surface area (Å²) >= 11 is 1.77. The van der Waals surface area contributed by atoms with E-state index in [1.807, 2.05) is 51.3 Å². The van der Waals surface area contributed by atoms with Crippen LogP contribution in [0.25, 0.3) is 0 Å². The number of urea groups is 1. The lowest BCUT2D eigenvalue weighted by Crippen LogP contribution is -2.29. The summed E-state index contributed by atoms with van der Waals surface area (Å²) in [7, 11) is -0.947. The molecule has 0 aliphatic carbocycles. The molecule has 0 aliphatic rings. The fourth-order valence-electron chi connectivity index (χ4n) is 1.70. The fraction of sp³-hybridized carbons (Fsp3) is 0.562. The second-order valence-electron chi connectivity index (χ2n) is 6.03. The molecule has 0 aliphatic heterocycles. The molecule has 0 bridgehead atoms. The average Bonchev–Trinajstić information content (AvgIpc) is 2.43. The highest BCUT2D eigenvalue weighted by atomic mass is 32.2. The summed E-state index contributed by atoms with van der Waals surface area (Å²) in [6, 6.07) is 7.33. The molecule has 22 heavy (non-hydrogen) atoms. The topological polar surface area (TPSA) is 58.2 Å². The van der Waals surface area contributed by atoms with Crippen LogP contribution in [0.15, 0.2) is 24.3 Å². The number of benzene rings is 1. The average molecular weight is 343 g/mol. The number of amides is 2. The van der Waals surface area contributed by atoms with Crippen molar-refractivity contribution in [2.45, 2.75) is 37.7 Å². The smallest absolute Gasteiger partial charge is 0.319 e. The van der Waals surface area contributed by atoms with Gasteiger partial charge in [0.1, 0.15) is 0 Å². The van der Waals surface area contributed by atoms with Crippen molar-refractivity contribution < 1.29 is 9.00 Å². The van der Waals surface area contributed by atoms with Crippen molar-refractivity contribution in [1.82, 2.24) is 5.32 Å². The van der Waals surface area contributed by atoms with Crippen molar-refractivity contribution in [1.29, 1.82) is 0 Å². The first-order valence-corrected chi connectivity index (χ1v) is 10.1. The van der Waals surface area contributed by atoms with Crippen LogP contribution in [-0.4, -0.2) is 33.5 Å². The van der Waals surface area contributed by atoms with Crippen molar-refractivity contribution in [3.8, 4) is 0 Å². The second kappa shape index (κ2) is 9.20.